The molecule has 2 aromatic rings. The molecule has 0 spiro atoms. The summed E-state index contributed by atoms with van der Waals surface area (Å²) in [7, 11) is 0. The van der Waals surface area contributed by atoms with E-state index in [2.05, 4.69) is 10.6 Å². The molecule has 5 nitrogen and oxygen atoms in total. The van der Waals surface area contributed by atoms with Crippen LogP contribution in [0.2, 0.25) is 0 Å². The minimum absolute atomic E-state index is 0.0753. The lowest BCUT2D eigenvalue weighted by molar-refractivity contribution is -0.124. The smallest absolute Gasteiger partial charge is 0.258 e. The number of hydrogen-bond donors (Lipinski definition) is 2. The van der Waals surface area contributed by atoms with Crippen LogP contribution < -0.4 is 15.4 Å². The second-order valence-corrected chi connectivity index (χ2v) is 5.82. The Bertz CT molecular complexity index is 705. The molecule has 0 fully saturated rings. The van der Waals surface area contributed by atoms with E-state index in [9.17, 15) is 14.0 Å². The summed E-state index contributed by atoms with van der Waals surface area (Å²) < 4.78 is 18.6. The molecule has 2 amide bonds. The number of alkyl halides is 1. The van der Waals surface area contributed by atoms with Gasteiger partial charge in [0.25, 0.3) is 5.91 Å². The molecule has 26 heavy (non-hydrogen) atoms. The summed E-state index contributed by atoms with van der Waals surface area (Å²) in [5, 5.41) is 5.36. The maximum absolute atomic E-state index is 13.2. The number of anilines is 1. The molecule has 0 aromatic heterocycles. The summed E-state index contributed by atoms with van der Waals surface area (Å²) in [5.74, 6) is 0.0372. The molecule has 0 unspecified atom stereocenters. The molecule has 138 valence electrons. The fraction of sp³-hybridized carbons (Fsp3) is 0.300. The Labute approximate surface area is 152 Å². The van der Waals surface area contributed by atoms with Crippen molar-refractivity contribution in [1.82, 2.24) is 5.32 Å². The average molecular weight is 358 g/mol. The Morgan fingerprint density at radius 3 is 2.35 bits per heavy atom. The molecule has 0 radical (unpaired) electrons. The van der Waals surface area contributed by atoms with Crippen molar-refractivity contribution in [2.24, 2.45) is 0 Å². The van der Waals surface area contributed by atoms with Gasteiger partial charge >= 0.3 is 0 Å². The van der Waals surface area contributed by atoms with Gasteiger partial charge in [-0.15, -0.1) is 0 Å². The average Bonchev–Trinajstić information content (AvgIpc) is 2.67. The van der Waals surface area contributed by atoms with Crippen LogP contribution in [0, 0.1) is 0 Å². The molecule has 0 heterocycles. The molecular weight excluding hydrogens is 335 g/mol. The van der Waals surface area contributed by atoms with Gasteiger partial charge in [0.1, 0.15) is 12.4 Å². The van der Waals surface area contributed by atoms with Crippen molar-refractivity contribution >= 4 is 17.5 Å². The third kappa shape index (κ3) is 6.55. The Kier molecular flexibility index (Phi) is 7.61. The quantitative estimate of drug-likeness (QED) is 0.724. The van der Waals surface area contributed by atoms with Crippen molar-refractivity contribution in [1.29, 1.82) is 0 Å². The first kappa shape index (κ1) is 19.4. The van der Waals surface area contributed by atoms with Crippen LogP contribution in [0.4, 0.5) is 10.1 Å². The van der Waals surface area contributed by atoms with E-state index in [0.717, 1.165) is 5.56 Å². The second kappa shape index (κ2) is 10.2. The number of carbonyl (C=O) groups excluding carboxylic acids is 2. The van der Waals surface area contributed by atoms with Gasteiger partial charge in [0.05, 0.1) is 6.04 Å². The number of halogens is 1. The van der Waals surface area contributed by atoms with E-state index in [0.29, 0.717) is 24.3 Å². The van der Waals surface area contributed by atoms with E-state index in [1.807, 2.05) is 30.3 Å². The molecule has 0 saturated heterocycles. The lowest BCUT2D eigenvalue weighted by Crippen LogP contribution is -2.40. The van der Waals surface area contributed by atoms with E-state index in [-0.39, 0.29) is 18.4 Å². The first-order valence-electron chi connectivity index (χ1n) is 8.52. The van der Waals surface area contributed by atoms with Crippen LogP contribution in [0.25, 0.3) is 0 Å². The van der Waals surface area contributed by atoms with Gasteiger partial charge in [-0.3, -0.25) is 9.59 Å². The minimum Gasteiger partial charge on any atom is -0.484 e. The van der Waals surface area contributed by atoms with E-state index in [4.69, 9.17) is 4.74 Å². The number of hydrogen-bond acceptors (Lipinski definition) is 3. The Balaban J connectivity index is 1.79. The molecule has 2 N–H and O–H groups in total. The predicted molar refractivity (Wildman–Crippen MR) is 98.9 cm³/mol. The third-order valence-corrected chi connectivity index (χ3v) is 3.71. The van der Waals surface area contributed by atoms with Crippen molar-refractivity contribution in [2.45, 2.75) is 25.8 Å². The van der Waals surface area contributed by atoms with Crippen LogP contribution in [0.3, 0.4) is 0 Å². The maximum atomic E-state index is 13.2. The normalized spacial score (nSPS) is 11.5. The van der Waals surface area contributed by atoms with E-state index in [1.54, 1.807) is 31.2 Å². The molecule has 0 aliphatic rings. The van der Waals surface area contributed by atoms with Crippen molar-refractivity contribution < 1.29 is 18.7 Å². The first-order chi connectivity index (χ1) is 12.6. The Morgan fingerprint density at radius 2 is 1.73 bits per heavy atom. The summed E-state index contributed by atoms with van der Waals surface area (Å²) in [5.41, 5.74) is 1.62. The van der Waals surface area contributed by atoms with Crippen LogP contribution in [-0.2, 0) is 16.0 Å². The van der Waals surface area contributed by atoms with Gasteiger partial charge in [-0.2, -0.15) is 0 Å². The van der Waals surface area contributed by atoms with Gasteiger partial charge in [-0.25, -0.2) is 4.39 Å². The van der Waals surface area contributed by atoms with Gasteiger partial charge in [-0.05, 0) is 36.2 Å². The highest BCUT2D eigenvalue weighted by atomic mass is 19.1. The predicted octanol–water partition coefficient (Wildman–Crippen LogP) is 3.11. The SMILES string of the molecule is CCC(=O)Nc1ccc(OCC(=O)N[C@@H](CF)Cc2ccccc2)cc1. The molecule has 1 atom stereocenters. The third-order valence-electron chi connectivity index (χ3n) is 3.71. The van der Waals surface area contributed by atoms with Crippen LogP contribution >= 0.6 is 0 Å². The van der Waals surface area contributed by atoms with Gasteiger partial charge in [0.15, 0.2) is 6.61 Å². The van der Waals surface area contributed by atoms with Crippen LogP contribution in [0.1, 0.15) is 18.9 Å². The summed E-state index contributed by atoms with van der Waals surface area (Å²) in [6, 6.07) is 15.6. The standard InChI is InChI=1S/C20H23FN2O3/c1-2-19(24)22-16-8-10-18(11-9-16)26-14-20(25)23-17(13-21)12-15-6-4-3-5-7-15/h3-11,17H,2,12-14H2,1H3,(H,22,24)(H,23,25)/t17-/m1/s1. The summed E-state index contributed by atoms with van der Waals surface area (Å²) in [6.45, 7) is 0.923. The Morgan fingerprint density at radius 1 is 1.04 bits per heavy atom. The van der Waals surface area contributed by atoms with Gasteiger partial charge < -0.3 is 15.4 Å². The lowest BCUT2D eigenvalue weighted by atomic mass is 10.1. The zero-order valence-electron chi connectivity index (χ0n) is 14.7. The fourth-order valence-corrected chi connectivity index (χ4v) is 2.34. The molecule has 0 aliphatic carbocycles. The summed E-state index contributed by atoms with van der Waals surface area (Å²) >= 11 is 0. The highest BCUT2D eigenvalue weighted by Gasteiger charge is 2.13. The number of nitrogens with one attached hydrogen (secondary N) is 2. The number of benzene rings is 2. The maximum Gasteiger partial charge on any atom is 0.258 e. The molecule has 0 saturated carbocycles. The van der Waals surface area contributed by atoms with Crippen molar-refractivity contribution in [3.63, 3.8) is 0 Å². The monoisotopic (exact) mass is 358 g/mol. The van der Waals surface area contributed by atoms with Crippen LogP contribution in [0.15, 0.2) is 54.6 Å². The number of rotatable bonds is 9. The number of amides is 2. The van der Waals surface area contributed by atoms with Crippen LogP contribution in [0.5, 0.6) is 5.75 Å². The van der Waals surface area contributed by atoms with E-state index in [1.165, 1.54) is 0 Å². The van der Waals surface area contributed by atoms with E-state index < -0.39 is 12.7 Å². The van der Waals surface area contributed by atoms with Crippen LogP contribution in [-0.4, -0.2) is 31.1 Å². The molecule has 6 heteroatoms. The van der Waals surface area contributed by atoms with Crippen molar-refractivity contribution in [2.75, 3.05) is 18.6 Å². The van der Waals surface area contributed by atoms with Crippen molar-refractivity contribution in [3.8, 4) is 5.75 Å². The fourth-order valence-electron chi connectivity index (χ4n) is 2.34. The summed E-state index contributed by atoms with van der Waals surface area (Å²) in [4.78, 5) is 23.3. The highest BCUT2D eigenvalue weighted by molar-refractivity contribution is 5.90. The highest BCUT2D eigenvalue weighted by Crippen LogP contribution is 2.15. The number of ether oxygens (including phenoxy) is 1. The summed E-state index contributed by atoms with van der Waals surface area (Å²) in [6.07, 6.45) is 0.825. The van der Waals surface area contributed by atoms with E-state index >= 15 is 0 Å². The minimum atomic E-state index is -0.646. The largest absolute Gasteiger partial charge is 0.484 e. The topological polar surface area (TPSA) is 67.4 Å². The Hall–Kier alpha value is -2.89. The van der Waals surface area contributed by atoms with Gasteiger partial charge in [-0.1, -0.05) is 37.3 Å². The first-order valence-corrected chi connectivity index (χ1v) is 8.52. The molecule has 2 aromatic carbocycles. The zero-order chi connectivity index (χ0) is 18.8. The molecule has 2 rings (SSSR count). The molecule has 0 aliphatic heterocycles. The van der Waals surface area contributed by atoms with Crippen molar-refractivity contribution in [3.05, 3.63) is 60.2 Å². The van der Waals surface area contributed by atoms with Gasteiger partial charge in [0, 0.05) is 12.1 Å². The van der Waals surface area contributed by atoms with Gasteiger partial charge in [0.2, 0.25) is 5.91 Å². The second-order valence-electron chi connectivity index (χ2n) is 5.82. The lowest BCUT2D eigenvalue weighted by Gasteiger charge is -2.16. The zero-order valence-corrected chi connectivity index (χ0v) is 14.7. The molecular formula is C20H23FN2O3. The molecule has 0 bridgehead atoms. The number of carbonyl (C=O) groups is 2.